The third-order valence-corrected chi connectivity index (χ3v) is 6.67. The molecular formula is C25H19BrFNO4S. The van der Waals surface area contributed by atoms with Crippen molar-refractivity contribution in [1.82, 2.24) is 4.90 Å². The number of rotatable bonds is 7. The van der Waals surface area contributed by atoms with E-state index in [9.17, 15) is 14.0 Å². The van der Waals surface area contributed by atoms with Crippen molar-refractivity contribution < 1.29 is 23.5 Å². The lowest BCUT2D eigenvalue weighted by Crippen LogP contribution is -2.27. The first-order valence-corrected chi connectivity index (χ1v) is 11.6. The van der Waals surface area contributed by atoms with Crippen LogP contribution in [0.15, 0.2) is 76.1 Å². The van der Waals surface area contributed by atoms with E-state index in [0.29, 0.717) is 27.5 Å². The zero-order chi connectivity index (χ0) is 23.4. The van der Waals surface area contributed by atoms with E-state index in [0.717, 1.165) is 21.8 Å². The maximum atomic E-state index is 13.8. The van der Waals surface area contributed by atoms with Crippen molar-refractivity contribution in [3.05, 3.63) is 98.6 Å². The molecule has 4 rings (SSSR count). The minimum Gasteiger partial charge on any atom is -0.493 e. The van der Waals surface area contributed by atoms with Gasteiger partial charge in [-0.3, -0.25) is 14.5 Å². The summed E-state index contributed by atoms with van der Waals surface area (Å²) < 4.78 is 25.8. The molecule has 0 radical (unpaired) electrons. The quantitative estimate of drug-likeness (QED) is 0.332. The van der Waals surface area contributed by atoms with Gasteiger partial charge in [0.25, 0.3) is 11.1 Å². The lowest BCUT2D eigenvalue weighted by atomic mass is 10.1. The van der Waals surface area contributed by atoms with Gasteiger partial charge in [-0.1, -0.05) is 58.4 Å². The van der Waals surface area contributed by atoms with Crippen LogP contribution >= 0.6 is 27.7 Å². The molecule has 168 valence electrons. The smallest absolute Gasteiger partial charge is 0.293 e. The van der Waals surface area contributed by atoms with Crippen molar-refractivity contribution in [2.24, 2.45) is 0 Å². The molecule has 0 saturated carbocycles. The van der Waals surface area contributed by atoms with Gasteiger partial charge in [-0.2, -0.15) is 0 Å². The zero-order valence-corrected chi connectivity index (χ0v) is 20.0. The molecule has 1 heterocycles. The van der Waals surface area contributed by atoms with Crippen LogP contribution in [0.25, 0.3) is 6.08 Å². The molecule has 0 bridgehead atoms. The number of hydrogen-bond acceptors (Lipinski definition) is 5. The van der Waals surface area contributed by atoms with Crippen LogP contribution in [0.5, 0.6) is 11.5 Å². The Morgan fingerprint density at radius 1 is 1.00 bits per heavy atom. The van der Waals surface area contributed by atoms with Crippen LogP contribution in [-0.2, 0) is 17.9 Å². The number of amides is 2. The summed E-state index contributed by atoms with van der Waals surface area (Å²) in [6.45, 7) is 0.242. The Morgan fingerprint density at radius 3 is 2.45 bits per heavy atom. The fourth-order valence-electron chi connectivity index (χ4n) is 3.25. The highest BCUT2D eigenvalue weighted by Crippen LogP contribution is 2.36. The third kappa shape index (κ3) is 5.29. The Morgan fingerprint density at radius 2 is 1.73 bits per heavy atom. The fraction of sp³-hybridized carbons (Fsp3) is 0.120. The molecule has 3 aromatic rings. The van der Waals surface area contributed by atoms with Crippen molar-refractivity contribution in [3.8, 4) is 11.5 Å². The number of benzene rings is 3. The van der Waals surface area contributed by atoms with E-state index in [2.05, 4.69) is 15.9 Å². The standard InChI is InChI=1S/C25H19BrFNO4S/c1-31-22-12-16(10-11-21(22)32-15-18-7-3-5-9-20(18)27)13-23-24(29)28(25(30)33-23)14-17-6-2-4-8-19(17)26/h2-13H,14-15H2,1H3/b23-13+. The summed E-state index contributed by atoms with van der Waals surface area (Å²) in [4.78, 5) is 26.9. The Labute approximate surface area is 203 Å². The average molecular weight is 528 g/mol. The van der Waals surface area contributed by atoms with E-state index in [1.165, 1.54) is 18.1 Å². The number of carbonyl (C=O) groups is 2. The van der Waals surface area contributed by atoms with Gasteiger partial charge in [0, 0.05) is 10.0 Å². The second-order valence-electron chi connectivity index (χ2n) is 7.15. The van der Waals surface area contributed by atoms with E-state index < -0.39 is 0 Å². The molecule has 0 aromatic heterocycles. The molecule has 5 nitrogen and oxygen atoms in total. The highest BCUT2D eigenvalue weighted by atomic mass is 79.9. The van der Waals surface area contributed by atoms with E-state index in [1.807, 2.05) is 24.3 Å². The summed E-state index contributed by atoms with van der Waals surface area (Å²) in [5.41, 5.74) is 1.96. The first kappa shape index (κ1) is 23.1. The largest absolute Gasteiger partial charge is 0.493 e. The minimum absolute atomic E-state index is 0.0519. The highest BCUT2D eigenvalue weighted by molar-refractivity contribution is 9.10. The molecule has 33 heavy (non-hydrogen) atoms. The maximum absolute atomic E-state index is 13.8. The molecule has 0 aliphatic carbocycles. The van der Waals surface area contributed by atoms with Gasteiger partial charge in [0.05, 0.1) is 18.6 Å². The molecule has 1 fully saturated rings. The molecule has 1 saturated heterocycles. The van der Waals surface area contributed by atoms with Gasteiger partial charge >= 0.3 is 0 Å². The van der Waals surface area contributed by atoms with Crippen LogP contribution in [0.3, 0.4) is 0 Å². The lowest BCUT2D eigenvalue weighted by molar-refractivity contribution is -0.123. The van der Waals surface area contributed by atoms with Crippen molar-refractivity contribution >= 4 is 44.9 Å². The minimum atomic E-state index is -0.348. The van der Waals surface area contributed by atoms with Gasteiger partial charge in [0.15, 0.2) is 11.5 Å². The van der Waals surface area contributed by atoms with Crippen LogP contribution < -0.4 is 9.47 Å². The number of halogens is 2. The summed E-state index contributed by atoms with van der Waals surface area (Å²) in [6.07, 6.45) is 1.65. The number of carbonyl (C=O) groups excluding carboxylic acids is 2. The molecule has 0 N–H and O–H groups in total. The Kier molecular flexibility index (Phi) is 7.15. The Balaban J connectivity index is 1.50. The topological polar surface area (TPSA) is 55.8 Å². The van der Waals surface area contributed by atoms with Crippen molar-refractivity contribution in [2.45, 2.75) is 13.2 Å². The number of ether oxygens (including phenoxy) is 2. The maximum Gasteiger partial charge on any atom is 0.293 e. The van der Waals surface area contributed by atoms with Crippen LogP contribution in [-0.4, -0.2) is 23.2 Å². The summed E-state index contributed by atoms with van der Waals surface area (Å²) in [6, 6.07) is 19.0. The van der Waals surface area contributed by atoms with Gasteiger partial charge in [-0.05, 0) is 53.2 Å². The van der Waals surface area contributed by atoms with E-state index in [1.54, 1.807) is 42.5 Å². The van der Waals surface area contributed by atoms with Crippen molar-refractivity contribution in [2.75, 3.05) is 7.11 Å². The van der Waals surface area contributed by atoms with Gasteiger partial charge in [-0.15, -0.1) is 0 Å². The Bertz CT molecular complexity index is 1250. The summed E-state index contributed by atoms with van der Waals surface area (Å²) >= 11 is 4.35. The molecule has 0 spiro atoms. The first-order chi connectivity index (χ1) is 16.0. The van der Waals surface area contributed by atoms with Gasteiger partial charge in [-0.25, -0.2) is 4.39 Å². The zero-order valence-electron chi connectivity index (χ0n) is 17.6. The molecule has 3 aromatic carbocycles. The van der Waals surface area contributed by atoms with Crippen LogP contribution in [0.1, 0.15) is 16.7 Å². The number of thioether (sulfide) groups is 1. The molecular weight excluding hydrogens is 509 g/mol. The second kappa shape index (κ2) is 10.2. The lowest BCUT2D eigenvalue weighted by Gasteiger charge is -2.13. The number of imide groups is 1. The summed E-state index contributed by atoms with van der Waals surface area (Å²) in [5, 5.41) is -0.321. The van der Waals surface area contributed by atoms with Crippen LogP contribution in [0.2, 0.25) is 0 Å². The normalized spacial score (nSPS) is 14.8. The Hall–Kier alpha value is -3.10. The van der Waals surface area contributed by atoms with Crippen molar-refractivity contribution in [1.29, 1.82) is 0 Å². The number of hydrogen-bond donors (Lipinski definition) is 0. The molecule has 1 aliphatic rings. The predicted molar refractivity (Wildman–Crippen MR) is 129 cm³/mol. The molecule has 0 atom stereocenters. The van der Waals surface area contributed by atoms with Crippen molar-refractivity contribution in [3.63, 3.8) is 0 Å². The predicted octanol–water partition coefficient (Wildman–Crippen LogP) is 6.41. The van der Waals surface area contributed by atoms with Crippen LogP contribution in [0, 0.1) is 5.82 Å². The van der Waals surface area contributed by atoms with E-state index in [-0.39, 0.29) is 30.1 Å². The van der Waals surface area contributed by atoms with Gasteiger partial charge < -0.3 is 9.47 Å². The third-order valence-electron chi connectivity index (χ3n) is 4.99. The number of nitrogens with zero attached hydrogens (tertiary/aromatic N) is 1. The monoisotopic (exact) mass is 527 g/mol. The molecule has 2 amide bonds. The SMILES string of the molecule is COc1cc(/C=C2/SC(=O)N(Cc3ccccc3Br)C2=O)ccc1OCc1ccccc1F. The second-order valence-corrected chi connectivity index (χ2v) is 9.00. The van der Waals surface area contributed by atoms with Gasteiger partial charge in [0.2, 0.25) is 0 Å². The van der Waals surface area contributed by atoms with E-state index in [4.69, 9.17) is 9.47 Å². The molecule has 1 aliphatic heterocycles. The van der Waals surface area contributed by atoms with E-state index >= 15 is 0 Å². The van der Waals surface area contributed by atoms with Gasteiger partial charge in [0.1, 0.15) is 12.4 Å². The number of methoxy groups -OCH3 is 1. The summed E-state index contributed by atoms with van der Waals surface area (Å²) in [7, 11) is 1.50. The fourth-order valence-corrected chi connectivity index (χ4v) is 4.50. The highest BCUT2D eigenvalue weighted by Gasteiger charge is 2.35. The average Bonchev–Trinajstić information content (AvgIpc) is 3.07. The van der Waals surface area contributed by atoms with Crippen LogP contribution in [0.4, 0.5) is 9.18 Å². The molecule has 0 unspecified atom stereocenters. The first-order valence-electron chi connectivity index (χ1n) is 9.99. The summed E-state index contributed by atoms with van der Waals surface area (Å²) in [5.74, 6) is 0.193. The molecule has 8 heteroatoms.